The molecular weight excluding hydrogens is 298 g/mol. The van der Waals surface area contributed by atoms with Crippen molar-refractivity contribution in [3.8, 4) is 0 Å². The molecule has 6 heteroatoms. The molecule has 3 heterocycles. The Balaban J connectivity index is 2.00. The normalized spacial score (nSPS) is 12.8. The fourth-order valence-electron chi connectivity index (χ4n) is 1.94. The first-order valence-corrected chi connectivity index (χ1v) is 7.99. The van der Waals surface area contributed by atoms with E-state index in [1.807, 2.05) is 0 Å². The number of nitrogens with zero attached hydrogens (tertiary/aromatic N) is 2. The molecule has 0 fully saturated rings. The Hall–Kier alpha value is -1.17. The fourth-order valence-corrected chi connectivity index (χ4v) is 3.79. The van der Waals surface area contributed by atoms with Gasteiger partial charge in [0, 0.05) is 4.88 Å². The van der Waals surface area contributed by atoms with E-state index < -0.39 is 0 Å². The lowest BCUT2D eigenvalue weighted by molar-refractivity contribution is 0.881. The molecule has 0 spiro atoms. The van der Waals surface area contributed by atoms with Crippen LogP contribution in [-0.4, -0.2) is 9.97 Å². The predicted octanol–water partition coefficient (Wildman–Crippen LogP) is 4.89. The number of thiophene rings is 2. The van der Waals surface area contributed by atoms with Gasteiger partial charge < -0.3 is 5.32 Å². The van der Waals surface area contributed by atoms with Crippen LogP contribution in [0.3, 0.4) is 0 Å². The number of aromatic nitrogens is 2. The van der Waals surface area contributed by atoms with E-state index in [1.165, 1.54) is 10.4 Å². The smallest absolute Gasteiger partial charge is 0.225 e. The largest absolute Gasteiger partial charge is 0.363 e. The second kappa shape index (κ2) is 5.07. The maximum atomic E-state index is 5.99. The molecular formula is C13H12ClN3S2. The van der Waals surface area contributed by atoms with Gasteiger partial charge in [-0.15, -0.1) is 11.3 Å². The summed E-state index contributed by atoms with van der Waals surface area (Å²) in [4.78, 5) is 10.7. The Kier molecular flexibility index (Phi) is 3.43. The standard InChI is InChI=1S/C13H12ClN3S2/c1-7-5-10-11(16-13(14)17-12(10)19-7)15-8(2)9-3-4-18-6-9/h3-6,8H,1-2H3,(H,15,16,17). The van der Waals surface area contributed by atoms with E-state index in [4.69, 9.17) is 11.6 Å². The van der Waals surface area contributed by atoms with Crippen LogP contribution < -0.4 is 5.32 Å². The highest BCUT2D eigenvalue weighted by molar-refractivity contribution is 7.18. The predicted molar refractivity (Wildman–Crippen MR) is 83.5 cm³/mol. The van der Waals surface area contributed by atoms with Crippen LogP contribution in [0, 0.1) is 6.92 Å². The molecule has 1 atom stereocenters. The van der Waals surface area contributed by atoms with Gasteiger partial charge in [-0.25, -0.2) is 9.97 Å². The first kappa shape index (κ1) is 12.8. The van der Waals surface area contributed by atoms with Crippen molar-refractivity contribution in [2.45, 2.75) is 19.9 Å². The highest BCUT2D eigenvalue weighted by atomic mass is 35.5. The van der Waals surface area contributed by atoms with Gasteiger partial charge in [0.25, 0.3) is 0 Å². The van der Waals surface area contributed by atoms with Crippen molar-refractivity contribution < 1.29 is 0 Å². The molecule has 1 unspecified atom stereocenters. The second-order valence-electron chi connectivity index (χ2n) is 4.34. The number of hydrogen-bond acceptors (Lipinski definition) is 5. The quantitative estimate of drug-likeness (QED) is 0.700. The van der Waals surface area contributed by atoms with E-state index in [2.05, 4.69) is 52.0 Å². The fraction of sp³-hybridized carbons (Fsp3) is 0.231. The second-order valence-corrected chi connectivity index (χ2v) is 6.69. The van der Waals surface area contributed by atoms with Gasteiger partial charge in [0.05, 0.1) is 11.4 Å². The van der Waals surface area contributed by atoms with Gasteiger partial charge in [-0.2, -0.15) is 11.3 Å². The molecule has 0 aliphatic rings. The minimum absolute atomic E-state index is 0.195. The van der Waals surface area contributed by atoms with Crippen LogP contribution in [0.25, 0.3) is 10.2 Å². The number of anilines is 1. The molecule has 0 aliphatic heterocycles. The first-order valence-electron chi connectivity index (χ1n) is 5.86. The van der Waals surface area contributed by atoms with Crippen LogP contribution in [0.1, 0.15) is 23.4 Å². The van der Waals surface area contributed by atoms with Gasteiger partial charge in [-0.05, 0) is 53.9 Å². The summed E-state index contributed by atoms with van der Waals surface area (Å²) in [6.07, 6.45) is 0. The summed E-state index contributed by atoms with van der Waals surface area (Å²) >= 11 is 9.31. The third kappa shape index (κ3) is 2.59. The van der Waals surface area contributed by atoms with Crippen LogP contribution in [0.5, 0.6) is 0 Å². The molecule has 3 rings (SSSR count). The van der Waals surface area contributed by atoms with E-state index >= 15 is 0 Å². The molecule has 19 heavy (non-hydrogen) atoms. The molecule has 0 bridgehead atoms. The lowest BCUT2D eigenvalue weighted by Crippen LogP contribution is -2.07. The molecule has 0 amide bonds. The van der Waals surface area contributed by atoms with E-state index in [9.17, 15) is 0 Å². The van der Waals surface area contributed by atoms with Crippen molar-refractivity contribution in [3.05, 3.63) is 38.6 Å². The third-order valence-corrected chi connectivity index (χ3v) is 4.70. The molecule has 0 aromatic carbocycles. The van der Waals surface area contributed by atoms with Crippen molar-refractivity contribution >= 4 is 50.3 Å². The number of nitrogens with one attached hydrogen (secondary N) is 1. The highest BCUT2D eigenvalue weighted by Gasteiger charge is 2.13. The average molecular weight is 310 g/mol. The zero-order valence-electron chi connectivity index (χ0n) is 10.5. The number of rotatable bonds is 3. The third-order valence-electron chi connectivity index (χ3n) is 2.89. The van der Waals surface area contributed by atoms with Crippen molar-refractivity contribution in [1.82, 2.24) is 9.97 Å². The van der Waals surface area contributed by atoms with Gasteiger partial charge in [0.15, 0.2) is 0 Å². The van der Waals surface area contributed by atoms with Gasteiger partial charge in [0.1, 0.15) is 10.6 Å². The van der Waals surface area contributed by atoms with E-state index in [0.29, 0.717) is 0 Å². The van der Waals surface area contributed by atoms with Gasteiger partial charge >= 0.3 is 0 Å². The van der Waals surface area contributed by atoms with Crippen LogP contribution in [0.15, 0.2) is 22.9 Å². The summed E-state index contributed by atoms with van der Waals surface area (Å²) in [5.41, 5.74) is 1.25. The molecule has 1 N–H and O–H groups in total. The van der Waals surface area contributed by atoms with Crippen molar-refractivity contribution in [3.63, 3.8) is 0 Å². The summed E-state index contributed by atoms with van der Waals surface area (Å²) in [5, 5.41) is 8.95. The Morgan fingerprint density at radius 2 is 2.21 bits per heavy atom. The maximum absolute atomic E-state index is 5.99. The number of halogens is 1. The van der Waals surface area contributed by atoms with Crippen LogP contribution >= 0.6 is 34.3 Å². The molecule has 0 aliphatic carbocycles. The molecule has 0 radical (unpaired) electrons. The summed E-state index contributed by atoms with van der Waals surface area (Å²) in [6, 6.07) is 4.40. The molecule has 0 saturated heterocycles. The topological polar surface area (TPSA) is 37.8 Å². The molecule has 98 valence electrons. The summed E-state index contributed by atoms with van der Waals surface area (Å²) in [7, 11) is 0. The minimum Gasteiger partial charge on any atom is -0.363 e. The van der Waals surface area contributed by atoms with Crippen LogP contribution in [0.4, 0.5) is 5.82 Å². The Morgan fingerprint density at radius 1 is 1.37 bits per heavy atom. The minimum atomic E-state index is 0.195. The lowest BCUT2D eigenvalue weighted by Gasteiger charge is -2.14. The van der Waals surface area contributed by atoms with Crippen molar-refractivity contribution in [2.24, 2.45) is 0 Å². The monoisotopic (exact) mass is 309 g/mol. The van der Waals surface area contributed by atoms with Crippen molar-refractivity contribution in [2.75, 3.05) is 5.32 Å². The Morgan fingerprint density at radius 3 is 2.95 bits per heavy atom. The van der Waals surface area contributed by atoms with Gasteiger partial charge in [0.2, 0.25) is 5.28 Å². The molecule has 0 saturated carbocycles. The molecule has 3 nitrogen and oxygen atoms in total. The Bertz CT molecular complexity index is 706. The van der Waals surface area contributed by atoms with E-state index in [0.717, 1.165) is 16.0 Å². The van der Waals surface area contributed by atoms with Gasteiger partial charge in [-0.1, -0.05) is 0 Å². The number of hydrogen-bond donors (Lipinski definition) is 1. The first-order chi connectivity index (χ1) is 9.13. The van der Waals surface area contributed by atoms with Crippen molar-refractivity contribution in [1.29, 1.82) is 0 Å². The summed E-state index contributed by atoms with van der Waals surface area (Å²) < 4.78 is 0. The summed E-state index contributed by atoms with van der Waals surface area (Å²) in [6.45, 7) is 4.18. The lowest BCUT2D eigenvalue weighted by atomic mass is 10.2. The molecule has 3 aromatic heterocycles. The van der Waals surface area contributed by atoms with Gasteiger partial charge in [-0.3, -0.25) is 0 Å². The average Bonchev–Trinajstić information content (AvgIpc) is 2.96. The number of aryl methyl sites for hydroxylation is 1. The Labute approximate surface area is 124 Å². The van der Waals surface area contributed by atoms with Crippen LogP contribution in [0.2, 0.25) is 5.28 Å². The molecule has 3 aromatic rings. The summed E-state index contributed by atoms with van der Waals surface area (Å²) in [5.74, 6) is 0.804. The highest BCUT2D eigenvalue weighted by Crippen LogP contribution is 2.31. The SMILES string of the molecule is Cc1cc2c(NC(C)c3ccsc3)nc(Cl)nc2s1. The zero-order chi connectivity index (χ0) is 13.4. The van der Waals surface area contributed by atoms with E-state index in [1.54, 1.807) is 22.7 Å². The number of fused-ring (bicyclic) bond motifs is 1. The maximum Gasteiger partial charge on any atom is 0.225 e. The van der Waals surface area contributed by atoms with E-state index in [-0.39, 0.29) is 11.3 Å². The van der Waals surface area contributed by atoms with Crippen LogP contribution in [-0.2, 0) is 0 Å². The zero-order valence-corrected chi connectivity index (χ0v) is 12.9.